The van der Waals surface area contributed by atoms with E-state index in [4.69, 9.17) is 4.74 Å². The fourth-order valence-electron chi connectivity index (χ4n) is 4.55. The van der Waals surface area contributed by atoms with Crippen LogP contribution in [0.1, 0.15) is 51.0 Å². The molecule has 30 heavy (non-hydrogen) atoms. The van der Waals surface area contributed by atoms with Crippen molar-refractivity contribution in [1.29, 1.82) is 0 Å². The lowest BCUT2D eigenvalue weighted by molar-refractivity contribution is 0.122. The van der Waals surface area contributed by atoms with E-state index in [2.05, 4.69) is 15.6 Å². The number of aliphatic hydroxyl groups excluding tert-OH is 1. The third-order valence-corrected chi connectivity index (χ3v) is 6.32. The number of anilines is 1. The van der Waals surface area contributed by atoms with E-state index >= 15 is 0 Å². The molecule has 3 rings (SSSR count). The molecule has 3 N–H and O–H groups in total. The molecular formula is C23H37FN4O2. The van der Waals surface area contributed by atoms with Crippen LogP contribution in [0.4, 0.5) is 10.1 Å². The van der Waals surface area contributed by atoms with E-state index in [1.807, 2.05) is 24.0 Å². The average molecular weight is 421 g/mol. The van der Waals surface area contributed by atoms with Crippen LogP contribution in [0.3, 0.4) is 0 Å². The van der Waals surface area contributed by atoms with E-state index in [9.17, 15) is 9.50 Å². The van der Waals surface area contributed by atoms with Crippen LogP contribution >= 0.6 is 0 Å². The van der Waals surface area contributed by atoms with Gasteiger partial charge >= 0.3 is 0 Å². The summed E-state index contributed by atoms with van der Waals surface area (Å²) < 4.78 is 20.0. The first-order valence-corrected chi connectivity index (χ1v) is 11.4. The molecule has 168 valence electrons. The highest BCUT2D eigenvalue weighted by atomic mass is 19.1. The summed E-state index contributed by atoms with van der Waals surface area (Å²) in [5, 5.41) is 16.3. The summed E-state index contributed by atoms with van der Waals surface area (Å²) in [5.74, 6) is 0.546. The van der Waals surface area contributed by atoms with E-state index in [0.29, 0.717) is 25.4 Å². The second kappa shape index (κ2) is 11.5. The van der Waals surface area contributed by atoms with Gasteiger partial charge in [-0.05, 0) is 49.3 Å². The highest BCUT2D eigenvalue weighted by molar-refractivity contribution is 5.79. The second-order valence-electron chi connectivity index (χ2n) is 8.47. The summed E-state index contributed by atoms with van der Waals surface area (Å²) in [6.07, 6.45) is 6.86. The maximum absolute atomic E-state index is 14.6. The summed E-state index contributed by atoms with van der Waals surface area (Å²) in [6, 6.07) is 5.39. The number of aliphatic imine (C=N–C) groups is 1. The number of rotatable bonds is 8. The van der Waals surface area contributed by atoms with Gasteiger partial charge in [0.2, 0.25) is 0 Å². The van der Waals surface area contributed by atoms with Gasteiger partial charge in [-0.2, -0.15) is 0 Å². The van der Waals surface area contributed by atoms with Gasteiger partial charge in [-0.3, -0.25) is 0 Å². The molecule has 1 aromatic carbocycles. The first-order chi connectivity index (χ1) is 14.7. The minimum absolute atomic E-state index is 0.148. The molecule has 0 atom stereocenters. The lowest BCUT2D eigenvalue weighted by Gasteiger charge is -2.37. The number of hydrogen-bond acceptors (Lipinski definition) is 4. The Morgan fingerprint density at radius 1 is 1.20 bits per heavy atom. The lowest BCUT2D eigenvalue weighted by Crippen LogP contribution is -2.44. The Balaban J connectivity index is 1.61. The highest BCUT2D eigenvalue weighted by Crippen LogP contribution is 2.38. The molecule has 0 amide bonds. The highest BCUT2D eigenvalue weighted by Gasteiger charge is 2.31. The van der Waals surface area contributed by atoms with Crippen molar-refractivity contribution in [1.82, 2.24) is 10.6 Å². The topological polar surface area (TPSA) is 69.1 Å². The molecule has 6 nitrogen and oxygen atoms in total. The maximum atomic E-state index is 14.6. The van der Waals surface area contributed by atoms with Gasteiger partial charge in [0.25, 0.3) is 0 Å². The Morgan fingerprint density at radius 2 is 1.97 bits per heavy atom. The van der Waals surface area contributed by atoms with Crippen molar-refractivity contribution in [3.05, 3.63) is 29.6 Å². The number of nitrogens with zero attached hydrogens (tertiary/aromatic N) is 2. The zero-order valence-corrected chi connectivity index (χ0v) is 18.3. The predicted molar refractivity (Wildman–Crippen MR) is 119 cm³/mol. The van der Waals surface area contributed by atoms with Crippen LogP contribution in [-0.2, 0) is 11.3 Å². The third-order valence-electron chi connectivity index (χ3n) is 6.32. The van der Waals surface area contributed by atoms with Gasteiger partial charge < -0.3 is 25.4 Å². The quantitative estimate of drug-likeness (QED) is 0.446. The molecule has 1 aliphatic heterocycles. The van der Waals surface area contributed by atoms with Crippen LogP contribution in [0.5, 0.6) is 0 Å². The van der Waals surface area contributed by atoms with E-state index in [0.717, 1.165) is 57.0 Å². The number of halogens is 1. The average Bonchev–Trinajstić information content (AvgIpc) is 2.77. The van der Waals surface area contributed by atoms with Gasteiger partial charge in [0, 0.05) is 32.8 Å². The minimum atomic E-state index is -0.202. The van der Waals surface area contributed by atoms with Gasteiger partial charge in [0.05, 0.1) is 25.4 Å². The molecule has 0 unspecified atom stereocenters. The van der Waals surface area contributed by atoms with Crippen LogP contribution in [0, 0.1) is 11.2 Å². The molecule has 7 heteroatoms. The number of morpholine rings is 1. The van der Waals surface area contributed by atoms with Crippen LogP contribution in [-0.4, -0.2) is 57.1 Å². The Kier molecular flexibility index (Phi) is 8.75. The summed E-state index contributed by atoms with van der Waals surface area (Å²) in [6.45, 7) is 6.98. The molecule has 2 aliphatic rings. The molecule has 0 aromatic heterocycles. The number of guanidine groups is 1. The Hall–Kier alpha value is -1.86. The Morgan fingerprint density at radius 3 is 2.63 bits per heavy atom. The van der Waals surface area contributed by atoms with Gasteiger partial charge in [-0.15, -0.1) is 0 Å². The van der Waals surface area contributed by atoms with E-state index in [-0.39, 0.29) is 17.8 Å². The standard InChI is InChI=1S/C23H37FN4O2/c1-2-25-22(27-18-23(10-13-29)8-4-3-5-9-23)26-17-19-6-7-21(20(24)16-19)28-11-14-30-15-12-28/h6-7,16,29H,2-5,8-15,17-18H2,1H3,(H2,25,26,27). The normalized spacial score (nSPS) is 19.6. The number of nitrogens with one attached hydrogen (secondary N) is 2. The van der Waals surface area contributed by atoms with Gasteiger partial charge in [0.1, 0.15) is 5.82 Å². The first kappa shape index (κ1) is 22.8. The van der Waals surface area contributed by atoms with Crippen molar-refractivity contribution in [2.75, 3.05) is 50.9 Å². The minimum Gasteiger partial charge on any atom is -0.396 e. The van der Waals surface area contributed by atoms with Gasteiger partial charge in [-0.25, -0.2) is 9.38 Å². The van der Waals surface area contributed by atoms with Crippen LogP contribution in [0.15, 0.2) is 23.2 Å². The van der Waals surface area contributed by atoms with Crippen molar-refractivity contribution >= 4 is 11.6 Å². The molecular weight excluding hydrogens is 383 g/mol. The molecule has 1 saturated carbocycles. The molecule has 0 radical (unpaired) electrons. The lowest BCUT2D eigenvalue weighted by atomic mass is 9.72. The van der Waals surface area contributed by atoms with E-state index < -0.39 is 0 Å². The third kappa shape index (κ3) is 6.32. The summed E-state index contributed by atoms with van der Waals surface area (Å²) in [7, 11) is 0. The second-order valence-corrected chi connectivity index (χ2v) is 8.47. The first-order valence-electron chi connectivity index (χ1n) is 11.4. The monoisotopic (exact) mass is 420 g/mol. The van der Waals surface area contributed by atoms with E-state index in [1.165, 1.54) is 19.3 Å². The zero-order chi connectivity index (χ0) is 21.2. The van der Waals surface area contributed by atoms with Gasteiger partial charge in [0.15, 0.2) is 5.96 Å². The van der Waals surface area contributed by atoms with Crippen LogP contribution in [0.25, 0.3) is 0 Å². The molecule has 0 bridgehead atoms. The number of benzene rings is 1. The smallest absolute Gasteiger partial charge is 0.191 e. The van der Waals surface area contributed by atoms with Crippen molar-refractivity contribution in [3.8, 4) is 0 Å². The van der Waals surface area contributed by atoms with Crippen LogP contribution in [0.2, 0.25) is 0 Å². The fraction of sp³-hybridized carbons (Fsp3) is 0.696. The summed E-state index contributed by atoms with van der Waals surface area (Å²) in [4.78, 5) is 6.70. The fourth-order valence-corrected chi connectivity index (χ4v) is 4.55. The predicted octanol–water partition coefficient (Wildman–Crippen LogP) is 3.05. The molecule has 1 heterocycles. The molecule has 1 aromatic rings. The van der Waals surface area contributed by atoms with Crippen molar-refractivity contribution in [2.45, 2.75) is 52.0 Å². The van der Waals surface area contributed by atoms with Crippen molar-refractivity contribution in [2.24, 2.45) is 10.4 Å². The van der Waals surface area contributed by atoms with E-state index in [1.54, 1.807) is 6.07 Å². The Bertz CT molecular complexity index is 680. The molecule has 1 aliphatic carbocycles. The van der Waals surface area contributed by atoms with Crippen molar-refractivity contribution < 1.29 is 14.2 Å². The number of aliphatic hydroxyl groups is 1. The number of ether oxygens (including phenoxy) is 1. The largest absolute Gasteiger partial charge is 0.396 e. The summed E-state index contributed by atoms with van der Waals surface area (Å²) >= 11 is 0. The van der Waals surface area contributed by atoms with Crippen molar-refractivity contribution in [3.63, 3.8) is 0 Å². The number of hydrogen-bond donors (Lipinski definition) is 3. The Labute approximate surface area is 179 Å². The zero-order valence-electron chi connectivity index (χ0n) is 18.3. The van der Waals surface area contributed by atoms with Gasteiger partial charge in [-0.1, -0.05) is 25.3 Å². The SMILES string of the molecule is CCNC(=NCc1ccc(N2CCOCC2)c(F)c1)NCC1(CCO)CCCCC1. The summed E-state index contributed by atoms with van der Waals surface area (Å²) in [5.41, 5.74) is 1.64. The molecule has 1 saturated heterocycles. The van der Waals surface area contributed by atoms with Crippen LogP contribution < -0.4 is 15.5 Å². The molecule has 0 spiro atoms. The molecule has 2 fully saturated rings. The maximum Gasteiger partial charge on any atom is 0.191 e.